The van der Waals surface area contributed by atoms with E-state index in [1.807, 2.05) is 90.9 Å². The first-order valence-electron chi connectivity index (χ1n) is 23.5. The maximum atomic E-state index is 13.8. The van der Waals surface area contributed by atoms with E-state index in [4.69, 9.17) is 14.2 Å². The number of amides is 4. The van der Waals surface area contributed by atoms with Crippen molar-refractivity contribution in [3.8, 4) is 0 Å². The highest BCUT2D eigenvalue weighted by Crippen LogP contribution is 2.30. The van der Waals surface area contributed by atoms with E-state index in [0.29, 0.717) is 71.7 Å². The Kier molecular flexibility index (Phi) is 23.8. The van der Waals surface area contributed by atoms with Gasteiger partial charge in [-0.05, 0) is 93.3 Å². The molecule has 0 aromatic heterocycles. The third-order valence-electron chi connectivity index (χ3n) is 11.7. The van der Waals surface area contributed by atoms with Gasteiger partial charge in [0.1, 0.15) is 6.04 Å². The molecule has 64 heavy (non-hydrogen) atoms. The Hall–Kier alpha value is -3.74. The number of hydrogen-bond donors (Lipinski definition) is 4. The lowest BCUT2D eigenvalue weighted by molar-refractivity contribution is -0.150. The Morgan fingerprint density at radius 3 is 2.08 bits per heavy atom. The van der Waals surface area contributed by atoms with Gasteiger partial charge in [0.2, 0.25) is 23.6 Å². The summed E-state index contributed by atoms with van der Waals surface area (Å²) in [7, 11) is 0. The minimum absolute atomic E-state index is 0.0676. The van der Waals surface area contributed by atoms with Crippen molar-refractivity contribution in [2.75, 3.05) is 46.0 Å². The number of unbranched alkanes of at least 4 members (excludes halogenated alkanes) is 1. The minimum atomic E-state index is -0.770. The Morgan fingerprint density at radius 1 is 0.750 bits per heavy atom. The van der Waals surface area contributed by atoms with Crippen molar-refractivity contribution in [3.05, 3.63) is 48.0 Å². The Balaban J connectivity index is 1.95. The van der Waals surface area contributed by atoms with Gasteiger partial charge in [0.25, 0.3) is 0 Å². The topological polar surface area (TPSA) is 156 Å². The molecule has 0 aliphatic carbocycles. The van der Waals surface area contributed by atoms with Gasteiger partial charge in [0, 0.05) is 36.9 Å². The van der Waals surface area contributed by atoms with Gasteiger partial charge in [-0.15, -0.1) is 0 Å². The number of nitrogens with one attached hydrogen (secondary N) is 4. The molecule has 0 fully saturated rings. The van der Waals surface area contributed by atoms with Crippen molar-refractivity contribution in [3.63, 3.8) is 0 Å². The molecule has 12 nitrogen and oxygen atoms in total. The summed E-state index contributed by atoms with van der Waals surface area (Å²) in [5.74, 6) is -0.697. The van der Waals surface area contributed by atoms with Gasteiger partial charge in [-0.2, -0.15) is 0 Å². The number of isothiocyanates is 1. The van der Waals surface area contributed by atoms with Crippen molar-refractivity contribution >= 4 is 51.8 Å². The van der Waals surface area contributed by atoms with Gasteiger partial charge in [-0.25, -0.2) is 4.99 Å². The highest BCUT2D eigenvalue weighted by atomic mass is 32.1. The standard InChI is InChI=1S/C51H83N5O7S/c1-13-25-50(11,14-2)63-51(12,15-3)33-54-43(57)27-38(4)62-36-49(9,10)32-55-46(60)42(56-44(58)29-39-23-24-40-20-16-17-21-41(40)28-39)22-18-19-26-53-45(59)30-47(5,6)34-61-35-48(7,8)31-52-37-64/h16-17,20-21,23-24,28,38,42H,13-15,18-19,22,25-27,29-36H2,1-12H3,(H,53,59)(H,54,57)(H,55,60)(H,56,58). The number of fused-ring (bicyclic) bond motifs is 1. The molecule has 360 valence electrons. The molecular weight excluding hydrogens is 827 g/mol. The van der Waals surface area contributed by atoms with Crippen molar-refractivity contribution in [1.82, 2.24) is 21.3 Å². The minimum Gasteiger partial charge on any atom is -0.380 e. The van der Waals surface area contributed by atoms with Gasteiger partial charge in [0.15, 0.2) is 0 Å². The number of thiocarbonyl (C=S) groups is 1. The monoisotopic (exact) mass is 910 g/mol. The fourth-order valence-corrected chi connectivity index (χ4v) is 7.46. The van der Waals surface area contributed by atoms with Gasteiger partial charge < -0.3 is 35.5 Å². The fourth-order valence-electron chi connectivity index (χ4n) is 7.40. The van der Waals surface area contributed by atoms with Crippen molar-refractivity contribution in [2.45, 2.75) is 171 Å². The van der Waals surface area contributed by atoms with Crippen LogP contribution in [0.5, 0.6) is 0 Å². The number of hydrogen-bond acceptors (Lipinski definition) is 9. The summed E-state index contributed by atoms with van der Waals surface area (Å²) >= 11 is 4.69. The Bertz CT molecular complexity index is 1830. The number of benzene rings is 2. The summed E-state index contributed by atoms with van der Waals surface area (Å²) in [6, 6.07) is 13.1. The lowest BCUT2D eigenvalue weighted by Crippen LogP contribution is -2.49. The SMILES string of the molecule is CCCC(C)(CC)OC(C)(CC)CNC(=O)CC(C)OCC(C)(C)CNC(=O)C(CCCCNC(=O)CC(C)(C)COCC(C)(C)CN=C=S)NC(=O)Cc1ccc2ccccc2c1. The van der Waals surface area contributed by atoms with Crippen LogP contribution >= 0.6 is 12.2 Å². The van der Waals surface area contributed by atoms with Crippen LogP contribution in [-0.2, 0) is 39.8 Å². The van der Waals surface area contributed by atoms with E-state index >= 15 is 0 Å². The van der Waals surface area contributed by atoms with Crippen LogP contribution in [0.25, 0.3) is 10.8 Å². The number of nitrogens with zero attached hydrogens (tertiary/aromatic N) is 1. The zero-order valence-electron chi connectivity index (χ0n) is 41.4. The predicted octanol–water partition coefficient (Wildman–Crippen LogP) is 8.92. The van der Waals surface area contributed by atoms with Gasteiger partial charge in [-0.1, -0.05) is 111 Å². The quantitative estimate of drug-likeness (QED) is 0.0322. The molecule has 4 N–H and O–H groups in total. The summed E-state index contributed by atoms with van der Waals surface area (Å²) < 4.78 is 18.7. The lowest BCUT2D eigenvalue weighted by atomic mass is 9.89. The molecule has 0 aliphatic heterocycles. The summed E-state index contributed by atoms with van der Waals surface area (Å²) in [6.07, 6.45) is 5.59. The molecule has 0 saturated heterocycles. The third-order valence-corrected chi connectivity index (χ3v) is 11.8. The molecule has 2 aromatic carbocycles. The van der Waals surface area contributed by atoms with E-state index < -0.39 is 17.1 Å². The number of ether oxygens (including phenoxy) is 3. The summed E-state index contributed by atoms with van der Waals surface area (Å²) in [6.45, 7) is 27.5. The lowest BCUT2D eigenvalue weighted by Gasteiger charge is -2.40. The van der Waals surface area contributed by atoms with Crippen LogP contribution in [0.2, 0.25) is 0 Å². The normalized spacial score (nSPS) is 14.9. The second-order valence-corrected chi connectivity index (χ2v) is 20.9. The molecule has 13 heteroatoms. The molecule has 0 heterocycles. The van der Waals surface area contributed by atoms with Crippen molar-refractivity contribution in [2.24, 2.45) is 21.2 Å². The molecule has 4 atom stereocenters. The van der Waals surface area contributed by atoms with E-state index in [1.165, 1.54) is 0 Å². The molecule has 0 saturated carbocycles. The highest BCUT2D eigenvalue weighted by molar-refractivity contribution is 7.78. The maximum absolute atomic E-state index is 13.8. The molecule has 0 aliphatic rings. The second kappa shape index (κ2) is 27.0. The van der Waals surface area contributed by atoms with Crippen LogP contribution in [-0.4, -0.2) is 98.1 Å². The first kappa shape index (κ1) is 56.4. The summed E-state index contributed by atoms with van der Waals surface area (Å²) in [5.41, 5.74) is -0.866. The molecule has 4 unspecified atom stereocenters. The Labute approximate surface area is 391 Å². The average Bonchev–Trinajstić information content (AvgIpc) is 3.22. The predicted molar refractivity (Wildman–Crippen MR) is 263 cm³/mol. The molecule has 4 amide bonds. The Morgan fingerprint density at radius 2 is 1.42 bits per heavy atom. The molecule has 0 spiro atoms. The van der Waals surface area contributed by atoms with E-state index in [-0.39, 0.29) is 59.0 Å². The van der Waals surface area contributed by atoms with Crippen molar-refractivity contribution in [1.29, 1.82) is 0 Å². The molecule has 2 aromatic rings. The van der Waals surface area contributed by atoms with Gasteiger partial charge in [-0.3, -0.25) is 19.2 Å². The maximum Gasteiger partial charge on any atom is 0.242 e. The zero-order chi connectivity index (χ0) is 48.0. The first-order valence-corrected chi connectivity index (χ1v) is 23.9. The highest BCUT2D eigenvalue weighted by Gasteiger charge is 2.34. The zero-order valence-corrected chi connectivity index (χ0v) is 42.2. The van der Waals surface area contributed by atoms with Crippen molar-refractivity contribution < 1.29 is 33.4 Å². The van der Waals surface area contributed by atoms with E-state index in [9.17, 15) is 19.2 Å². The van der Waals surface area contributed by atoms with Crippen LogP contribution in [0.3, 0.4) is 0 Å². The molecule has 0 bridgehead atoms. The largest absolute Gasteiger partial charge is 0.380 e. The van der Waals surface area contributed by atoms with E-state index in [1.54, 1.807) is 0 Å². The van der Waals surface area contributed by atoms with Crippen LogP contribution in [0, 0.1) is 16.2 Å². The average molecular weight is 910 g/mol. The van der Waals surface area contributed by atoms with Crippen LogP contribution in [0.4, 0.5) is 0 Å². The number of aliphatic imine (C=N–C) groups is 1. The van der Waals surface area contributed by atoms with Gasteiger partial charge >= 0.3 is 0 Å². The summed E-state index contributed by atoms with van der Waals surface area (Å²) in [5, 5.41) is 16.7. The summed E-state index contributed by atoms with van der Waals surface area (Å²) in [4.78, 5) is 57.1. The molecule has 0 radical (unpaired) electrons. The first-order chi connectivity index (χ1) is 30.0. The number of rotatable bonds is 32. The molecular formula is C51H83N5O7S. The van der Waals surface area contributed by atoms with Crippen LogP contribution < -0.4 is 21.3 Å². The second-order valence-electron chi connectivity index (χ2n) is 20.7. The number of carbonyl (C=O) groups excluding carboxylic acids is 4. The number of carbonyl (C=O) groups is 4. The van der Waals surface area contributed by atoms with Crippen LogP contribution in [0.15, 0.2) is 47.5 Å². The fraction of sp³-hybridized carbons (Fsp3) is 0.706. The third kappa shape index (κ3) is 22.4. The molecule has 2 rings (SSSR count). The van der Waals surface area contributed by atoms with Gasteiger partial charge in [0.05, 0.1) is 61.7 Å². The van der Waals surface area contributed by atoms with E-state index in [2.05, 4.69) is 78.3 Å². The van der Waals surface area contributed by atoms with E-state index in [0.717, 1.165) is 42.0 Å². The van der Waals surface area contributed by atoms with Crippen LogP contribution in [0.1, 0.15) is 146 Å². The smallest absolute Gasteiger partial charge is 0.242 e.